The Morgan fingerprint density at radius 1 is 0.310 bits per heavy atom. The summed E-state index contributed by atoms with van der Waals surface area (Å²) < 4.78 is 11.5. The maximum atomic E-state index is 6.52. The zero-order valence-corrected chi connectivity index (χ0v) is 31.3. The summed E-state index contributed by atoms with van der Waals surface area (Å²) in [5.41, 5.74) is 16.9. The average Bonchev–Trinajstić information content (AvgIpc) is 3.95. The second kappa shape index (κ2) is 11.8. The van der Waals surface area contributed by atoms with Crippen LogP contribution in [0.25, 0.3) is 98.8 Å². The predicted molar refractivity (Wildman–Crippen MR) is 242 cm³/mol. The van der Waals surface area contributed by atoms with Crippen molar-refractivity contribution in [2.24, 2.45) is 0 Å². The number of aromatic nitrogens is 2. The minimum Gasteiger partial charge on any atom is -0.456 e. The molecule has 0 bridgehead atoms. The van der Waals surface area contributed by atoms with Crippen molar-refractivity contribution < 1.29 is 4.42 Å². The zero-order valence-electron chi connectivity index (χ0n) is 31.3. The van der Waals surface area contributed by atoms with Gasteiger partial charge in [0.25, 0.3) is 0 Å². The molecular formula is C54H33N3O. The van der Waals surface area contributed by atoms with E-state index in [4.69, 9.17) is 4.42 Å². The van der Waals surface area contributed by atoms with Gasteiger partial charge in [0, 0.05) is 49.8 Å². The molecule has 58 heavy (non-hydrogen) atoms. The van der Waals surface area contributed by atoms with Crippen LogP contribution in [0.15, 0.2) is 205 Å². The Labute approximate surface area is 333 Å². The van der Waals surface area contributed by atoms with E-state index in [0.29, 0.717) is 0 Å². The highest BCUT2D eigenvalue weighted by molar-refractivity contribution is 6.26. The Hall–Kier alpha value is -7.82. The van der Waals surface area contributed by atoms with Crippen LogP contribution in [0.3, 0.4) is 0 Å². The molecule has 9 aromatic carbocycles. The maximum absolute atomic E-state index is 6.52. The van der Waals surface area contributed by atoms with Gasteiger partial charge in [-0.15, -0.1) is 0 Å². The summed E-state index contributed by atoms with van der Waals surface area (Å²) in [6, 6.07) is 72.4. The molecule has 0 unspecified atom stereocenters. The molecule has 4 nitrogen and oxygen atoms in total. The quantitative estimate of drug-likeness (QED) is 0.164. The van der Waals surface area contributed by atoms with E-state index in [1.165, 1.54) is 65.9 Å². The van der Waals surface area contributed by atoms with Crippen molar-refractivity contribution in [3.8, 4) is 22.3 Å². The lowest BCUT2D eigenvalue weighted by atomic mass is 10.00. The second-order valence-electron chi connectivity index (χ2n) is 15.3. The summed E-state index contributed by atoms with van der Waals surface area (Å²) in [6.07, 6.45) is 0. The Balaban J connectivity index is 1.09. The Bertz CT molecular complexity index is 3720. The van der Waals surface area contributed by atoms with Gasteiger partial charge in [-0.2, -0.15) is 0 Å². The van der Waals surface area contributed by atoms with E-state index in [2.05, 4.69) is 202 Å². The van der Waals surface area contributed by atoms with Crippen LogP contribution in [-0.4, -0.2) is 8.80 Å². The van der Waals surface area contributed by atoms with Crippen molar-refractivity contribution in [1.29, 1.82) is 0 Å². The molecule has 0 aliphatic rings. The van der Waals surface area contributed by atoms with E-state index in [1.54, 1.807) is 0 Å². The third kappa shape index (κ3) is 4.34. The van der Waals surface area contributed by atoms with Gasteiger partial charge in [0.05, 0.1) is 38.8 Å². The minimum atomic E-state index is 0.862. The molecule has 0 fully saturated rings. The van der Waals surface area contributed by atoms with Crippen molar-refractivity contribution >= 4 is 93.6 Å². The van der Waals surface area contributed by atoms with Crippen LogP contribution in [0, 0.1) is 0 Å². The van der Waals surface area contributed by atoms with Gasteiger partial charge >= 0.3 is 0 Å². The van der Waals surface area contributed by atoms with Gasteiger partial charge in [-0.05, 0) is 76.9 Å². The molecule has 0 saturated heterocycles. The molecule has 13 aromatic rings. The van der Waals surface area contributed by atoms with E-state index in [9.17, 15) is 0 Å². The molecule has 0 radical (unpaired) electrons. The topological polar surface area (TPSA) is 25.2 Å². The molecule has 0 aliphatic carbocycles. The lowest BCUT2D eigenvalue weighted by molar-refractivity contribution is 0.669. The summed E-state index contributed by atoms with van der Waals surface area (Å²) in [6.45, 7) is 0. The van der Waals surface area contributed by atoms with E-state index in [1.807, 2.05) is 12.1 Å². The van der Waals surface area contributed by atoms with Gasteiger partial charge in [0.1, 0.15) is 11.2 Å². The average molecular weight is 740 g/mol. The molecule has 4 heteroatoms. The van der Waals surface area contributed by atoms with Crippen LogP contribution in [0.2, 0.25) is 0 Å². The predicted octanol–water partition coefficient (Wildman–Crippen LogP) is 14.9. The molecule has 13 rings (SSSR count). The number of rotatable bonds is 5. The number of nitrogens with zero attached hydrogens (tertiary/aromatic N) is 3. The molecule has 0 spiro atoms. The standard InChI is InChI=1S/C54H33N3O/c1-2-11-34(12-3-1)35-21-23-36(24-22-35)37-25-27-38(28-26-37)55(39-29-30-43-42-15-6-9-20-50(42)58-51(43)33-39)48-18-10-19-49-54(48)57-47-17-8-5-14-41(47)45-32-31-44-40-13-4-7-16-46(40)56(49)52(44)53(45)57/h1-33H. The monoisotopic (exact) mass is 739 g/mol. The molecule has 0 amide bonds. The number of furan rings is 1. The molecular weight excluding hydrogens is 707 g/mol. The van der Waals surface area contributed by atoms with Crippen molar-refractivity contribution in [2.45, 2.75) is 0 Å². The first kappa shape index (κ1) is 31.4. The van der Waals surface area contributed by atoms with E-state index in [0.717, 1.165) is 50.0 Å². The summed E-state index contributed by atoms with van der Waals surface area (Å²) in [5.74, 6) is 0. The van der Waals surface area contributed by atoms with Gasteiger partial charge in [0.15, 0.2) is 0 Å². The van der Waals surface area contributed by atoms with Crippen LogP contribution < -0.4 is 4.90 Å². The normalized spacial score (nSPS) is 12.1. The lowest BCUT2D eigenvalue weighted by Crippen LogP contribution is -2.12. The summed E-state index contributed by atoms with van der Waals surface area (Å²) in [7, 11) is 0. The van der Waals surface area contributed by atoms with Crippen LogP contribution >= 0.6 is 0 Å². The second-order valence-corrected chi connectivity index (χ2v) is 15.3. The summed E-state index contributed by atoms with van der Waals surface area (Å²) in [5, 5.41) is 7.26. The van der Waals surface area contributed by atoms with E-state index >= 15 is 0 Å². The lowest BCUT2D eigenvalue weighted by Gasteiger charge is -2.28. The van der Waals surface area contributed by atoms with Gasteiger partial charge in [-0.3, -0.25) is 0 Å². The minimum absolute atomic E-state index is 0.862. The molecule has 0 aliphatic heterocycles. The third-order valence-corrected chi connectivity index (χ3v) is 12.2. The number of fused-ring (bicyclic) bond motifs is 12. The number of para-hydroxylation sites is 4. The Morgan fingerprint density at radius 2 is 0.810 bits per heavy atom. The van der Waals surface area contributed by atoms with Gasteiger partial charge in [-0.1, -0.05) is 140 Å². The highest BCUT2D eigenvalue weighted by atomic mass is 16.3. The first-order valence-corrected chi connectivity index (χ1v) is 19.8. The van der Waals surface area contributed by atoms with Crippen molar-refractivity contribution in [3.63, 3.8) is 0 Å². The molecule has 0 atom stereocenters. The fourth-order valence-electron chi connectivity index (χ4n) is 9.66. The smallest absolute Gasteiger partial charge is 0.137 e. The molecule has 4 aromatic heterocycles. The molecule has 270 valence electrons. The van der Waals surface area contributed by atoms with Crippen molar-refractivity contribution in [1.82, 2.24) is 8.80 Å². The largest absolute Gasteiger partial charge is 0.456 e. The van der Waals surface area contributed by atoms with Crippen molar-refractivity contribution in [2.75, 3.05) is 4.90 Å². The van der Waals surface area contributed by atoms with Crippen LogP contribution in [-0.2, 0) is 0 Å². The first-order chi connectivity index (χ1) is 28.8. The van der Waals surface area contributed by atoms with Crippen LogP contribution in [0.1, 0.15) is 0 Å². The number of benzene rings is 9. The Kier molecular flexibility index (Phi) is 6.41. The highest BCUT2D eigenvalue weighted by Crippen LogP contribution is 2.47. The van der Waals surface area contributed by atoms with E-state index < -0.39 is 0 Å². The van der Waals surface area contributed by atoms with Gasteiger partial charge in [-0.25, -0.2) is 0 Å². The number of hydrogen-bond donors (Lipinski definition) is 0. The van der Waals surface area contributed by atoms with Crippen molar-refractivity contribution in [3.05, 3.63) is 200 Å². The summed E-state index contributed by atoms with van der Waals surface area (Å²) >= 11 is 0. The number of hydrogen-bond acceptors (Lipinski definition) is 2. The zero-order chi connectivity index (χ0) is 37.9. The fourth-order valence-corrected chi connectivity index (χ4v) is 9.66. The van der Waals surface area contributed by atoms with Gasteiger partial charge in [0.2, 0.25) is 0 Å². The molecule has 4 heterocycles. The summed E-state index contributed by atoms with van der Waals surface area (Å²) in [4.78, 5) is 2.41. The third-order valence-electron chi connectivity index (χ3n) is 12.2. The SMILES string of the molecule is c1ccc(-c2ccc(-c3ccc(N(c4ccc5c(c4)oc4ccccc45)c4cccc5c4n4c6ccccc6c6ccc7c8ccccc8n5c7c64)cc3)cc2)cc1. The number of anilines is 3. The fraction of sp³-hybridized carbons (Fsp3) is 0. The van der Waals surface area contributed by atoms with Gasteiger partial charge < -0.3 is 18.1 Å². The molecule has 0 N–H and O–H groups in total. The Morgan fingerprint density at radius 3 is 1.52 bits per heavy atom. The highest BCUT2D eigenvalue weighted by Gasteiger charge is 2.25. The first-order valence-electron chi connectivity index (χ1n) is 19.8. The van der Waals surface area contributed by atoms with E-state index in [-0.39, 0.29) is 0 Å². The maximum Gasteiger partial charge on any atom is 0.137 e. The van der Waals surface area contributed by atoms with Crippen LogP contribution in [0.5, 0.6) is 0 Å². The molecule has 0 saturated carbocycles. The van der Waals surface area contributed by atoms with Crippen LogP contribution in [0.4, 0.5) is 17.1 Å².